The number of amides is 1. The molecule has 1 heterocycles. The van der Waals surface area contributed by atoms with Crippen molar-refractivity contribution < 1.29 is 14.3 Å². The molecule has 0 radical (unpaired) electrons. The van der Waals surface area contributed by atoms with Crippen LogP contribution in [0, 0.1) is 0 Å². The van der Waals surface area contributed by atoms with Crippen LogP contribution in [0.2, 0.25) is 0 Å². The number of benzene rings is 3. The number of nitrogens with zero attached hydrogens (tertiary/aromatic N) is 2. The molecule has 0 saturated heterocycles. The molecule has 1 amide bonds. The zero-order chi connectivity index (χ0) is 21.8. The predicted octanol–water partition coefficient (Wildman–Crippen LogP) is 4.59. The Morgan fingerprint density at radius 2 is 1.48 bits per heavy atom. The Kier molecular flexibility index (Phi) is 5.62. The monoisotopic (exact) mass is 411 g/mol. The zero-order valence-corrected chi connectivity index (χ0v) is 17.2. The van der Waals surface area contributed by atoms with E-state index >= 15 is 0 Å². The first-order valence-electron chi connectivity index (χ1n) is 9.66. The van der Waals surface area contributed by atoms with Crippen molar-refractivity contribution in [3.8, 4) is 45.4 Å². The first kappa shape index (κ1) is 20.1. The van der Waals surface area contributed by atoms with E-state index in [0.717, 1.165) is 22.4 Å². The molecule has 1 aromatic heterocycles. The molecule has 154 valence electrons. The van der Waals surface area contributed by atoms with Gasteiger partial charge in [-0.3, -0.25) is 4.79 Å². The van der Waals surface area contributed by atoms with Gasteiger partial charge in [-0.2, -0.15) is 0 Å². The Morgan fingerprint density at radius 1 is 0.774 bits per heavy atom. The minimum Gasteiger partial charge on any atom is -0.497 e. The van der Waals surface area contributed by atoms with Crippen LogP contribution in [-0.4, -0.2) is 30.1 Å². The van der Waals surface area contributed by atoms with Crippen molar-refractivity contribution >= 4 is 5.91 Å². The van der Waals surface area contributed by atoms with Gasteiger partial charge in [-0.15, -0.1) is 0 Å². The molecule has 31 heavy (non-hydrogen) atoms. The van der Waals surface area contributed by atoms with Gasteiger partial charge in [0.05, 0.1) is 25.6 Å². The number of carbonyl (C=O) groups excluding carboxylic acids is 1. The van der Waals surface area contributed by atoms with Crippen molar-refractivity contribution in [1.82, 2.24) is 9.97 Å². The second kappa shape index (κ2) is 8.67. The van der Waals surface area contributed by atoms with Gasteiger partial charge in [-0.1, -0.05) is 42.5 Å². The molecule has 0 bridgehead atoms. The first-order chi connectivity index (χ1) is 15.1. The molecule has 0 unspecified atom stereocenters. The van der Waals surface area contributed by atoms with Gasteiger partial charge in [-0.25, -0.2) is 9.97 Å². The number of hydrogen-bond acceptors (Lipinski definition) is 5. The summed E-state index contributed by atoms with van der Waals surface area (Å²) in [6.45, 7) is 0. The van der Waals surface area contributed by atoms with Crippen LogP contribution in [0.1, 0.15) is 10.4 Å². The molecule has 3 aromatic carbocycles. The number of carbonyl (C=O) groups is 1. The third-order valence-corrected chi connectivity index (χ3v) is 4.91. The Labute approximate surface area is 180 Å². The summed E-state index contributed by atoms with van der Waals surface area (Å²) >= 11 is 0. The second-order valence-corrected chi connectivity index (χ2v) is 6.84. The normalized spacial score (nSPS) is 10.5. The molecule has 2 N–H and O–H groups in total. The third-order valence-electron chi connectivity index (χ3n) is 4.91. The Hall–Kier alpha value is -4.19. The predicted molar refractivity (Wildman–Crippen MR) is 120 cm³/mol. The van der Waals surface area contributed by atoms with E-state index in [4.69, 9.17) is 25.2 Å². The lowest BCUT2D eigenvalue weighted by Crippen LogP contribution is -2.10. The summed E-state index contributed by atoms with van der Waals surface area (Å²) in [7, 11) is 3.22. The summed E-state index contributed by atoms with van der Waals surface area (Å²) in [6, 6.07) is 24.3. The standard InChI is InChI=1S/C25H21N3O3/c1-30-19-12-13-20(23(14-19)31-2)22-15-21(16-8-10-17(11-9-16)24(26)29)27-25(28-22)18-6-4-3-5-7-18/h3-15H,1-2H3,(H2,26,29). The number of primary amides is 1. The van der Waals surface area contributed by atoms with E-state index in [9.17, 15) is 4.79 Å². The van der Waals surface area contributed by atoms with Gasteiger partial charge < -0.3 is 15.2 Å². The Morgan fingerprint density at radius 3 is 2.13 bits per heavy atom. The molecular formula is C25H21N3O3. The third kappa shape index (κ3) is 4.23. The van der Waals surface area contributed by atoms with Crippen LogP contribution in [0.4, 0.5) is 0 Å². The highest BCUT2D eigenvalue weighted by Crippen LogP contribution is 2.35. The zero-order valence-electron chi connectivity index (χ0n) is 17.2. The van der Waals surface area contributed by atoms with Gasteiger partial charge in [0.15, 0.2) is 5.82 Å². The topological polar surface area (TPSA) is 87.3 Å². The van der Waals surface area contributed by atoms with Gasteiger partial charge in [0, 0.05) is 28.3 Å². The van der Waals surface area contributed by atoms with Gasteiger partial charge in [0.2, 0.25) is 5.91 Å². The minimum absolute atomic E-state index is 0.443. The summed E-state index contributed by atoms with van der Waals surface area (Å²) in [6.07, 6.45) is 0. The largest absolute Gasteiger partial charge is 0.497 e. The van der Waals surface area contributed by atoms with E-state index in [1.807, 2.05) is 66.7 Å². The first-order valence-corrected chi connectivity index (χ1v) is 9.66. The molecule has 6 nitrogen and oxygen atoms in total. The highest BCUT2D eigenvalue weighted by atomic mass is 16.5. The molecule has 0 aliphatic carbocycles. The number of aromatic nitrogens is 2. The molecule has 0 fully saturated rings. The Balaban J connectivity index is 1.89. The van der Waals surface area contributed by atoms with Crippen molar-refractivity contribution in [2.45, 2.75) is 0 Å². The van der Waals surface area contributed by atoms with Gasteiger partial charge in [-0.05, 0) is 30.3 Å². The molecule has 4 rings (SSSR count). The lowest BCUT2D eigenvalue weighted by Gasteiger charge is -2.13. The molecule has 6 heteroatoms. The van der Waals surface area contributed by atoms with Crippen molar-refractivity contribution in [3.05, 3.63) is 84.4 Å². The molecule has 0 aliphatic rings. The van der Waals surface area contributed by atoms with Gasteiger partial charge >= 0.3 is 0 Å². The molecule has 0 spiro atoms. The van der Waals surface area contributed by atoms with E-state index in [1.165, 1.54) is 0 Å². The maximum Gasteiger partial charge on any atom is 0.248 e. The fraction of sp³-hybridized carbons (Fsp3) is 0.0800. The van der Waals surface area contributed by atoms with Crippen LogP contribution < -0.4 is 15.2 Å². The van der Waals surface area contributed by atoms with Crippen molar-refractivity contribution in [1.29, 1.82) is 0 Å². The highest BCUT2D eigenvalue weighted by molar-refractivity contribution is 5.93. The van der Waals surface area contributed by atoms with E-state index in [1.54, 1.807) is 26.4 Å². The molecule has 0 atom stereocenters. The summed E-state index contributed by atoms with van der Waals surface area (Å²) in [5.74, 6) is 1.46. The number of nitrogens with two attached hydrogens (primary N) is 1. The maximum absolute atomic E-state index is 11.4. The van der Waals surface area contributed by atoms with Gasteiger partial charge in [0.1, 0.15) is 11.5 Å². The van der Waals surface area contributed by atoms with Crippen LogP contribution in [0.15, 0.2) is 78.9 Å². The summed E-state index contributed by atoms with van der Waals surface area (Å²) in [5.41, 5.74) is 9.80. The number of ether oxygens (including phenoxy) is 2. The number of rotatable bonds is 6. The molecule has 0 aliphatic heterocycles. The van der Waals surface area contributed by atoms with Crippen LogP contribution in [0.25, 0.3) is 33.9 Å². The van der Waals surface area contributed by atoms with Crippen LogP contribution in [0.5, 0.6) is 11.5 Å². The molecule has 4 aromatic rings. The van der Waals surface area contributed by atoms with Crippen LogP contribution in [0.3, 0.4) is 0 Å². The van der Waals surface area contributed by atoms with Crippen molar-refractivity contribution in [3.63, 3.8) is 0 Å². The summed E-state index contributed by atoms with van der Waals surface area (Å²) in [4.78, 5) is 21.0. The molecule has 0 saturated carbocycles. The van der Waals surface area contributed by atoms with E-state index in [2.05, 4.69) is 0 Å². The summed E-state index contributed by atoms with van der Waals surface area (Å²) < 4.78 is 10.9. The fourth-order valence-electron chi connectivity index (χ4n) is 3.26. The lowest BCUT2D eigenvalue weighted by atomic mass is 10.0. The van der Waals surface area contributed by atoms with Crippen molar-refractivity contribution in [2.75, 3.05) is 14.2 Å². The highest BCUT2D eigenvalue weighted by Gasteiger charge is 2.14. The van der Waals surface area contributed by atoms with E-state index < -0.39 is 5.91 Å². The molecular weight excluding hydrogens is 390 g/mol. The number of hydrogen-bond donors (Lipinski definition) is 1. The maximum atomic E-state index is 11.4. The van der Waals surface area contributed by atoms with Crippen LogP contribution >= 0.6 is 0 Å². The minimum atomic E-state index is -0.470. The van der Waals surface area contributed by atoms with Crippen molar-refractivity contribution in [2.24, 2.45) is 5.73 Å². The SMILES string of the molecule is COc1ccc(-c2cc(-c3ccc(C(N)=O)cc3)nc(-c3ccccc3)n2)c(OC)c1. The summed E-state index contributed by atoms with van der Waals surface area (Å²) in [5, 5.41) is 0. The van der Waals surface area contributed by atoms with E-state index in [0.29, 0.717) is 28.6 Å². The lowest BCUT2D eigenvalue weighted by molar-refractivity contribution is 0.100. The van der Waals surface area contributed by atoms with Gasteiger partial charge in [0.25, 0.3) is 0 Å². The Bertz CT molecular complexity index is 1220. The second-order valence-electron chi connectivity index (χ2n) is 6.84. The van der Waals surface area contributed by atoms with E-state index in [-0.39, 0.29) is 0 Å². The smallest absolute Gasteiger partial charge is 0.248 e. The number of methoxy groups -OCH3 is 2. The fourth-order valence-corrected chi connectivity index (χ4v) is 3.26. The average Bonchev–Trinajstić information content (AvgIpc) is 2.84. The average molecular weight is 411 g/mol. The quantitative estimate of drug-likeness (QED) is 0.501. The van der Waals surface area contributed by atoms with Crippen LogP contribution in [-0.2, 0) is 0 Å².